The van der Waals surface area contributed by atoms with Crippen molar-refractivity contribution < 1.29 is 18.8 Å². The van der Waals surface area contributed by atoms with Crippen molar-refractivity contribution in [1.82, 2.24) is 4.98 Å². The number of nitrogens with one attached hydrogen (secondary N) is 1. The molecule has 1 saturated heterocycles. The van der Waals surface area contributed by atoms with Crippen LogP contribution in [0.2, 0.25) is 0 Å². The standard InChI is InChI=1S/C17H24BN3O4/c1-15(2,3)23-14(22)21-12-8-13(20-10-11(12)9-19)18-24-16(4,5)17(6,7)25-18/h8,10H,1-7H3,(H,20,21,22). The van der Waals surface area contributed by atoms with Crippen LogP contribution >= 0.6 is 0 Å². The first-order chi connectivity index (χ1) is 11.3. The number of hydrogen-bond acceptors (Lipinski definition) is 6. The maximum absolute atomic E-state index is 12.0. The lowest BCUT2D eigenvalue weighted by Gasteiger charge is -2.32. The summed E-state index contributed by atoms with van der Waals surface area (Å²) in [6, 6.07) is 3.57. The van der Waals surface area contributed by atoms with Crippen LogP contribution in [0.15, 0.2) is 12.3 Å². The second kappa shape index (κ2) is 6.32. The lowest BCUT2D eigenvalue weighted by atomic mass is 9.83. The van der Waals surface area contributed by atoms with Crippen LogP contribution in [-0.2, 0) is 14.0 Å². The predicted octanol–water partition coefficient (Wildman–Crippen LogP) is 2.60. The minimum atomic E-state index is -0.683. The normalized spacial score (nSPS) is 18.6. The summed E-state index contributed by atoms with van der Waals surface area (Å²) in [5.74, 6) is 0. The van der Waals surface area contributed by atoms with Crippen LogP contribution in [0, 0.1) is 11.3 Å². The largest absolute Gasteiger partial charge is 0.514 e. The van der Waals surface area contributed by atoms with Gasteiger partial charge in [-0.3, -0.25) is 10.3 Å². The Kier molecular flexibility index (Phi) is 4.86. The summed E-state index contributed by atoms with van der Waals surface area (Å²) < 4.78 is 17.1. The molecule has 7 nitrogen and oxygen atoms in total. The Morgan fingerprint density at radius 3 is 2.32 bits per heavy atom. The number of nitriles is 1. The van der Waals surface area contributed by atoms with Gasteiger partial charge in [0.05, 0.1) is 28.0 Å². The van der Waals surface area contributed by atoms with Crippen molar-refractivity contribution in [2.24, 2.45) is 0 Å². The summed E-state index contributed by atoms with van der Waals surface area (Å²) in [6.07, 6.45) is 0.739. The van der Waals surface area contributed by atoms with E-state index in [0.717, 1.165) is 0 Å². The van der Waals surface area contributed by atoms with Gasteiger partial charge >= 0.3 is 13.2 Å². The minimum Gasteiger partial charge on any atom is -0.444 e. The van der Waals surface area contributed by atoms with Crippen molar-refractivity contribution >= 4 is 24.5 Å². The molecule has 0 atom stereocenters. The van der Waals surface area contributed by atoms with Crippen LogP contribution in [0.5, 0.6) is 0 Å². The number of aromatic nitrogens is 1. The fourth-order valence-electron chi connectivity index (χ4n) is 2.17. The molecule has 0 spiro atoms. The zero-order valence-electron chi connectivity index (χ0n) is 15.8. The van der Waals surface area contributed by atoms with Gasteiger partial charge in [-0.1, -0.05) is 0 Å². The highest BCUT2D eigenvalue weighted by Crippen LogP contribution is 2.36. The molecule has 134 valence electrons. The highest BCUT2D eigenvalue weighted by molar-refractivity contribution is 6.61. The van der Waals surface area contributed by atoms with E-state index in [1.54, 1.807) is 26.8 Å². The van der Waals surface area contributed by atoms with Gasteiger partial charge in [-0.15, -0.1) is 0 Å². The zero-order chi connectivity index (χ0) is 19.0. The average molecular weight is 345 g/mol. The summed E-state index contributed by atoms with van der Waals surface area (Å²) in [4.78, 5) is 16.2. The van der Waals surface area contributed by atoms with Crippen LogP contribution in [0.1, 0.15) is 54.0 Å². The molecule has 1 aliphatic rings. The van der Waals surface area contributed by atoms with E-state index in [-0.39, 0.29) is 5.56 Å². The number of carbonyl (C=O) groups excluding carboxylic acids is 1. The highest BCUT2D eigenvalue weighted by Gasteiger charge is 2.52. The molecule has 2 rings (SSSR count). The second-order valence-electron chi connectivity index (χ2n) is 7.98. The van der Waals surface area contributed by atoms with Crippen LogP contribution < -0.4 is 10.9 Å². The quantitative estimate of drug-likeness (QED) is 0.828. The maximum atomic E-state index is 12.0. The first-order valence-corrected chi connectivity index (χ1v) is 8.10. The molecule has 0 radical (unpaired) electrons. The lowest BCUT2D eigenvalue weighted by molar-refractivity contribution is 0.00578. The van der Waals surface area contributed by atoms with E-state index in [1.165, 1.54) is 6.20 Å². The number of carbonyl (C=O) groups is 1. The Hall–Kier alpha value is -2.11. The molecule has 8 heteroatoms. The third kappa shape index (κ3) is 4.30. The average Bonchev–Trinajstić information content (AvgIpc) is 2.65. The molecule has 25 heavy (non-hydrogen) atoms. The smallest absolute Gasteiger partial charge is 0.444 e. The van der Waals surface area contributed by atoms with Crippen molar-refractivity contribution in [3.8, 4) is 6.07 Å². The van der Waals surface area contributed by atoms with E-state index in [4.69, 9.17) is 14.0 Å². The van der Waals surface area contributed by atoms with Crippen molar-refractivity contribution in [2.75, 3.05) is 5.32 Å². The van der Waals surface area contributed by atoms with Crippen molar-refractivity contribution in [1.29, 1.82) is 5.26 Å². The van der Waals surface area contributed by atoms with Gasteiger partial charge in [-0.25, -0.2) is 4.79 Å². The molecule has 1 aliphatic heterocycles. The van der Waals surface area contributed by atoms with E-state index in [1.807, 2.05) is 33.8 Å². The fraction of sp³-hybridized carbons (Fsp3) is 0.588. The predicted molar refractivity (Wildman–Crippen MR) is 94.5 cm³/mol. The van der Waals surface area contributed by atoms with Gasteiger partial charge in [0.2, 0.25) is 0 Å². The van der Waals surface area contributed by atoms with E-state index in [2.05, 4.69) is 10.3 Å². The summed E-state index contributed by atoms with van der Waals surface area (Å²) in [5, 5.41) is 11.8. The molecule has 1 aromatic rings. The number of pyridine rings is 1. The molecular weight excluding hydrogens is 321 g/mol. The van der Waals surface area contributed by atoms with Gasteiger partial charge in [0.25, 0.3) is 0 Å². The van der Waals surface area contributed by atoms with Gasteiger partial charge in [0.1, 0.15) is 11.7 Å². The number of rotatable bonds is 2. The Bertz CT molecular complexity index is 704. The van der Waals surface area contributed by atoms with Gasteiger partial charge in [-0.05, 0) is 54.5 Å². The van der Waals surface area contributed by atoms with Gasteiger partial charge < -0.3 is 14.0 Å². The molecule has 0 aromatic carbocycles. The Morgan fingerprint density at radius 2 is 1.84 bits per heavy atom. The summed E-state index contributed by atoms with van der Waals surface area (Å²) in [6.45, 7) is 13.1. The van der Waals surface area contributed by atoms with Crippen LogP contribution in [-0.4, -0.2) is 35.0 Å². The molecule has 1 amide bonds. The Labute approximate surface area is 148 Å². The Morgan fingerprint density at radius 1 is 1.28 bits per heavy atom. The van der Waals surface area contributed by atoms with Crippen molar-refractivity contribution in [3.05, 3.63) is 17.8 Å². The Balaban J connectivity index is 2.26. The molecule has 0 aliphatic carbocycles. The number of anilines is 1. The number of amides is 1. The van der Waals surface area contributed by atoms with E-state index < -0.39 is 30.0 Å². The minimum absolute atomic E-state index is 0.228. The van der Waals surface area contributed by atoms with E-state index in [9.17, 15) is 10.1 Å². The summed E-state index contributed by atoms with van der Waals surface area (Å²) in [7, 11) is -0.683. The highest BCUT2D eigenvalue weighted by atomic mass is 16.7. The molecule has 1 fully saturated rings. The van der Waals surface area contributed by atoms with E-state index in [0.29, 0.717) is 11.3 Å². The third-order valence-corrected chi connectivity index (χ3v) is 4.18. The molecule has 2 heterocycles. The first kappa shape index (κ1) is 19.2. The second-order valence-corrected chi connectivity index (χ2v) is 7.98. The van der Waals surface area contributed by atoms with Crippen molar-refractivity contribution in [2.45, 2.75) is 65.3 Å². The maximum Gasteiger partial charge on any atom is 0.514 e. The van der Waals surface area contributed by atoms with Crippen LogP contribution in [0.3, 0.4) is 0 Å². The molecule has 1 N–H and O–H groups in total. The molecule has 0 bridgehead atoms. The molecule has 1 aromatic heterocycles. The van der Waals surface area contributed by atoms with Crippen LogP contribution in [0.4, 0.5) is 10.5 Å². The summed E-state index contributed by atoms with van der Waals surface area (Å²) in [5.41, 5.74) is -0.650. The fourth-order valence-corrected chi connectivity index (χ4v) is 2.17. The first-order valence-electron chi connectivity index (χ1n) is 8.10. The zero-order valence-corrected chi connectivity index (χ0v) is 15.8. The lowest BCUT2D eigenvalue weighted by Crippen LogP contribution is -2.41. The summed E-state index contributed by atoms with van der Waals surface area (Å²) >= 11 is 0. The van der Waals surface area contributed by atoms with E-state index >= 15 is 0 Å². The number of nitrogens with zero attached hydrogens (tertiary/aromatic N) is 2. The monoisotopic (exact) mass is 345 g/mol. The topological polar surface area (TPSA) is 93.5 Å². The van der Waals surface area contributed by atoms with Gasteiger partial charge in [-0.2, -0.15) is 5.26 Å². The SMILES string of the molecule is CC(C)(C)OC(=O)Nc1cc(B2OC(C)(C)C(C)(C)O2)ncc1C#N. The van der Waals surface area contributed by atoms with Crippen molar-refractivity contribution in [3.63, 3.8) is 0 Å². The van der Waals surface area contributed by atoms with Crippen LogP contribution in [0.25, 0.3) is 0 Å². The number of ether oxygens (including phenoxy) is 1. The molecule has 0 unspecified atom stereocenters. The van der Waals surface area contributed by atoms with Gasteiger partial charge in [0.15, 0.2) is 0 Å². The number of hydrogen-bond donors (Lipinski definition) is 1. The third-order valence-electron chi connectivity index (χ3n) is 4.18. The molecule has 0 saturated carbocycles. The molecular formula is C17H24BN3O4. The van der Waals surface area contributed by atoms with Gasteiger partial charge in [0, 0.05) is 6.20 Å².